The summed E-state index contributed by atoms with van der Waals surface area (Å²) in [4.78, 5) is 0.230. The van der Waals surface area contributed by atoms with Gasteiger partial charge in [0.15, 0.2) is 0 Å². The molecule has 2 aromatic carbocycles. The molecular formula is C13H13O4PS. The van der Waals surface area contributed by atoms with Crippen LogP contribution in [-0.4, -0.2) is 13.5 Å². The molecule has 0 spiro atoms. The fraction of sp³-hybridized carbons (Fsp3) is 0.0769. The van der Waals surface area contributed by atoms with Crippen molar-refractivity contribution >= 4 is 19.3 Å². The van der Waals surface area contributed by atoms with Gasteiger partial charge in [-0.15, -0.1) is 0 Å². The van der Waals surface area contributed by atoms with Gasteiger partial charge in [0.05, 0.1) is 21.0 Å². The van der Waals surface area contributed by atoms with E-state index in [1.54, 1.807) is 24.3 Å². The number of hydrogen-bond donors (Lipinski definition) is 1. The van der Waals surface area contributed by atoms with Crippen LogP contribution in [0.15, 0.2) is 58.3 Å². The Morgan fingerprint density at radius 2 is 1.79 bits per heavy atom. The third-order valence-corrected chi connectivity index (χ3v) is 4.71. The number of sulfone groups is 1. The molecule has 0 heterocycles. The quantitative estimate of drug-likeness (QED) is 0.878. The van der Waals surface area contributed by atoms with Crippen molar-refractivity contribution in [2.24, 2.45) is 0 Å². The van der Waals surface area contributed by atoms with E-state index in [0.29, 0.717) is 5.56 Å². The fourth-order valence-electron chi connectivity index (χ4n) is 1.68. The zero-order valence-electron chi connectivity index (χ0n) is 9.98. The molecule has 0 bridgehead atoms. The summed E-state index contributed by atoms with van der Waals surface area (Å²) in [5, 5.41) is 9.12. The highest BCUT2D eigenvalue weighted by Crippen LogP contribution is 2.31. The van der Waals surface area contributed by atoms with Gasteiger partial charge in [-0.25, -0.2) is 8.42 Å². The van der Waals surface area contributed by atoms with E-state index in [9.17, 15) is 8.42 Å². The van der Waals surface area contributed by atoms with Crippen molar-refractivity contribution in [1.82, 2.24) is 0 Å². The van der Waals surface area contributed by atoms with Crippen LogP contribution in [0.25, 0.3) is 0 Å². The highest BCUT2D eigenvalue weighted by Gasteiger charge is 2.22. The Morgan fingerprint density at radius 1 is 1.11 bits per heavy atom. The average molecular weight is 296 g/mol. The number of aliphatic hydroxyl groups is 1. The molecule has 19 heavy (non-hydrogen) atoms. The summed E-state index contributed by atoms with van der Waals surface area (Å²) in [7, 11) is -1.64. The van der Waals surface area contributed by atoms with Crippen molar-refractivity contribution in [3.05, 3.63) is 54.1 Å². The number of rotatable bonds is 4. The van der Waals surface area contributed by atoms with Gasteiger partial charge in [0, 0.05) is 0 Å². The summed E-state index contributed by atoms with van der Waals surface area (Å²) in [6, 6.07) is 12.7. The van der Waals surface area contributed by atoms with Crippen LogP contribution in [0.3, 0.4) is 0 Å². The number of hydrogen-bond acceptors (Lipinski definition) is 4. The SMILES string of the molecule is O=S(=O)(c1ccccc1)c1cc(CO)ccc1OP. The molecule has 0 saturated carbocycles. The number of aliphatic hydroxyl groups excluding tert-OH is 1. The molecule has 0 amide bonds. The summed E-state index contributed by atoms with van der Waals surface area (Å²) in [5.74, 6) is 0.228. The van der Waals surface area contributed by atoms with E-state index in [1.165, 1.54) is 24.3 Å². The smallest absolute Gasteiger partial charge is 0.210 e. The van der Waals surface area contributed by atoms with Crippen molar-refractivity contribution < 1.29 is 18.0 Å². The third-order valence-electron chi connectivity index (χ3n) is 2.66. The normalized spacial score (nSPS) is 11.3. The molecule has 0 fully saturated rings. The van der Waals surface area contributed by atoms with Gasteiger partial charge < -0.3 is 9.63 Å². The van der Waals surface area contributed by atoms with Crippen molar-refractivity contribution in [2.75, 3.05) is 0 Å². The highest BCUT2D eigenvalue weighted by atomic mass is 32.2. The maximum absolute atomic E-state index is 12.5. The van der Waals surface area contributed by atoms with Gasteiger partial charge in [-0.2, -0.15) is 0 Å². The maximum Gasteiger partial charge on any atom is 0.210 e. The van der Waals surface area contributed by atoms with Crippen LogP contribution in [0.4, 0.5) is 0 Å². The monoisotopic (exact) mass is 296 g/mol. The second kappa shape index (κ2) is 5.70. The molecule has 0 aromatic heterocycles. The van der Waals surface area contributed by atoms with Crippen LogP contribution in [0.1, 0.15) is 5.56 Å². The van der Waals surface area contributed by atoms with Crippen molar-refractivity contribution in [3.8, 4) is 5.75 Å². The van der Waals surface area contributed by atoms with Crippen LogP contribution in [0.5, 0.6) is 5.75 Å². The molecule has 1 N–H and O–H groups in total. The van der Waals surface area contributed by atoms with E-state index in [2.05, 4.69) is 0 Å². The van der Waals surface area contributed by atoms with Crippen LogP contribution in [0.2, 0.25) is 0 Å². The van der Waals surface area contributed by atoms with Crippen molar-refractivity contribution in [2.45, 2.75) is 16.4 Å². The summed E-state index contributed by atoms with van der Waals surface area (Å²) in [6.45, 7) is -0.228. The molecule has 2 rings (SSSR count). The van der Waals surface area contributed by atoms with E-state index < -0.39 is 9.84 Å². The fourth-order valence-corrected chi connectivity index (χ4v) is 3.43. The lowest BCUT2D eigenvalue weighted by Gasteiger charge is -2.10. The lowest BCUT2D eigenvalue weighted by molar-refractivity contribution is 0.281. The first-order chi connectivity index (χ1) is 9.09. The Bertz CT molecular complexity index is 668. The van der Waals surface area contributed by atoms with E-state index in [1.807, 2.05) is 9.47 Å². The third kappa shape index (κ3) is 2.78. The Kier molecular flexibility index (Phi) is 4.20. The first-order valence-electron chi connectivity index (χ1n) is 5.50. The van der Waals surface area contributed by atoms with Gasteiger partial charge >= 0.3 is 0 Å². The van der Waals surface area contributed by atoms with Gasteiger partial charge in [-0.05, 0) is 29.8 Å². The second-order valence-electron chi connectivity index (χ2n) is 3.87. The number of benzene rings is 2. The van der Waals surface area contributed by atoms with E-state index in [0.717, 1.165) is 0 Å². The Labute approximate surface area is 114 Å². The Hall–Kier alpha value is -1.42. The Morgan fingerprint density at radius 3 is 2.37 bits per heavy atom. The van der Waals surface area contributed by atoms with Gasteiger partial charge in [-0.3, -0.25) is 0 Å². The second-order valence-corrected chi connectivity index (χ2v) is 6.03. The summed E-state index contributed by atoms with van der Waals surface area (Å²) < 4.78 is 30.0. The zero-order valence-corrected chi connectivity index (χ0v) is 12.0. The minimum absolute atomic E-state index is 0.0419. The molecule has 0 saturated heterocycles. The van der Waals surface area contributed by atoms with Gasteiger partial charge in [-0.1, -0.05) is 24.3 Å². The van der Waals surface area contributed by atoms with Crippen molar-refractivity contribution in [1.29, 1.82) is 0 Å². The average Bonchev–Trinajstić information content (AvgIpc) is 2.47. The van der Waals surface area contributed by atoms with Crippen LogP contribution in [0, 0.1) is 0 Å². The van der Waals surface area contributed by atoms with Gasteiger partial charge in [0.25, 0.3) is 0 Å². The molecule has 1 atom stereocenters. The topological polar surface area (TPSA) is 63.6 Å². The Balaban J connectivity index is 2.63. The van der Waals surface area contributed by atoms with Crippen LogP contribution >= 0.6 is 9.47 Å². The standard InChI is InChI=1S/C13H13O4PS/c14-9-10-6-7-12(17-18)13(8-10)19(15,16)11-4-2-1-3-5-11/h1-8,14H,9,18H2. The first kappa shape index (κ1) is 14.0. The molecule has 0 radical (unpaired) electrons. The van der Waals surface area contributed by atoms with Gasteiger partial charge in [0.2, 0.25) is 9.84 Å². The molecular weight excluding hydrogens is 283 g/mol. The minimum atomic E-state index is -3.66. The van der Waals surface area contributed by atoms with Crippen LogP contribution in [-0.2, 0) is 16.4 Å². The summed E-state index contributed by atoms with van der Waals surface area (Å²) in [6.07, 6.45) is 0. The molecule has 0 aliphatic heterocycles. The van der Waals surface area contributed by atoms with Crippen molar-refractivity contribution in [3.63, 3.8) is 0 Å². The highest BCUT2D eigenvalue weighted by molar-refractivity contribution is 7.91. The summed E-state index contributed by atoms with van der Waals surface area (Å²) >= 11 is 0. The molecule has 0 aliphatic rings. The first-order valence-corrected chi connectivity index (χ1v) is 7.45. The predicted octanol–water partition coefficient (Wildman–Crippen LogP) is 2.18. The molecule has 4 nitrogen and oxygen atoms in total. The summed E-state index contributed by atoms with van der Waals surface area (Å²) in [5.41, 5.74) is 0.514. The largest absolute Gasteiger partial charge is 0.479 e. The molecule has 6 heteroatoms. The minimum Gasteiger partial charge on any atom is -0.479 e. The molecule has 0 aliphatic carbocycles. The van der Waals surface area contributed by atoms with Gasteiger partial charge in [0.1, 0.15) is 10.6 Å². The lowest BCUT2D eigenvalue weighted by atomic mass is 10.2. The van der Waals surface area contributed by atoms with E-state index >= 15 is 0 Å². The van der Waals surface area contributed by atoms with E-state index in [4.69, 9.17) is 9.63 Å². The molecule has 2 aromatic rings. The molecule has 1 unspecified atom stereocenters. The molecule has 100 valence electrons. The lowest BCUT2D eigenvalue weighted by Crippen LogP contribution is -2.04. The predicted molar refractivity (Wildman–Crippen MR) is 74.6 cm³/mol. The maximum atomic E-state index is 12.5. The zero-order chi connectivity index (χ0) is 13.9. The van der Waals surface area contributed by atoms with E-state index in [-0.39, 0.29) is 22.1 Å². The van der Waals surface area contributed by atoms with Crippen LogP contribution < -0.4 is 4.52 Å².